The lowest BCUT2D eigenvalue weighted by Crippen LogP contribution is -2.30. The SMILES string of the molecule is O=C(NCCCCOP(=O)(O)O)Nc1ccc2ncc(-c3ccccc3)nc2n1. The molecule has 10 nitrogen and oxygen atoms in total. The summed E-state index contributed by atoms with van der Waals surface area (Å²) in [5, 5.41) is 5.26. The predicted octanol–water partition coefficient (Wildman–Crippen LogP) is 2.70. The molecule has 0 atom stereocenters. The summed E-state index contributed by atoms with van der Waals surface area (Å²) in [6.45, 7) is 0.240. The molecule has 3 rings (SSSR count). The highest BCUT2D eigenvalue weighted by Gasteiger charge is 2.12. The summed E-state index contributed by atoms with van der Waals surface area (Å²) < 4.78 is 14.9. The number of hydrogen-bond donors (Lipinski definition) is 4. The Morgan fingerprint density at radius 3 is 2.62 bits per heavy atom. The Labute approximate surface area is 166 Å². The summed E-state index contributed by atoms with van der Waals surface area (Å²) in [5.41, 5.74) is 2.63. The molecule has 0 aliphatic carbocycles. The number of nitrogens with zero attached hydrogens (tertiary/aromatic N) is 3. The second-order valence-corrected chi connectivity index (χ2v) is 7.31. The topological polar surface area (TPSA) is 147 Å². The van der Waals surface area contributed by atoms with Crippen LogP contribution in [-0.4, -0.2) is 43.9 Å². The lowest BCUT2D eigenvalue weighted by Gasteiger charge is -2.08. The van der Waals surface area contributed by atoms with Crippen molar-refractivity contribution < 1.29 is 23.7 Å². The number of phosphoric acid groups is 1. The number of anilines is 1. The fourth-order valence-electron chi connectivity index (χ4n) is 2.49. The van der Waals surface area contributed by atoms with Crippen LogP contribution in [0.25, 0.3) is 22.4 Å². The number of nitrogens with one attached hydrogen (secondary N) is 2. The van der Waals surface area contributed by atoms with Crippen LogP contribution in [0.2, 0.25) is 0 Å². The molecule has 3 aromatic rings. The van der Waals surface area contributed by atoms with Crippen molar-refractivity contribution >= 4 is 30.8 Å². The third-order valence-electron chi connectivity index (χ3n) is 3.83. The quantitative estimate of drug-likeness (QED) is 0.323. The maximum absolute atomic E-state index is 12.0. The monoisotopic (exact) mass is 417 g/mol. The summed E-state index contributed by atoms with van der Waals surface area (Å²) in [5.74, 6) is 0.333. The van der Waals surface area contributed by atoms with Gasteiger partial charge in [0, 0.05) is 12.1 Å². The second-order valence-electron chi connectivity index (χ2n) is 6.07. The number of unbranched alkanes of at least 4 members (excludes halogenated alkanes) is 1. The number of pyridine rings is 1. The lowest BCUT2D eigenvalue weighted by atomic mass is 10.2. The zero-order valence-electron chi connectivity index (χ0n) is 15.4. The second kappa shape index (κ2) is 9.53. The molecule has 0 unspecified atom stereocenters. The Morgan fingerprint density at radius 2 is 1.86 bits per heavy atom. The van der Waals surface area contributed by atoms with Gasteiger partial charge in [0.1, 0.15) is 11.3 Å². The number of rotatable bonds is 8. The number of benzene rings is 1. The third-order valence-corrected chi connectivity index (χ3v) is 4.35. The molecule has 29 heavy (non-hydrogen) atoms. The minimum atomic E-state index is -4.44. The average Bonchev–Trinajstić information content (AvgIpc) is 2.70. The Kier molecular flexibility index (Phi) is 6.84. The molecule has 2 aromatic heterocycles. The number of fused-ring (bicyclic) bond motifs is 1. The van der Waals surface area contributed by atoms with Crippen LogP contribution in [-0.2, 0) is 9.09 Å². The van der Waals surface area contributed by atoms with Gasteiger partial charge in [0.25, 0.3) is 0 Å². The Balaban J connectivity index is 1.54. The van der Waals surface area contributed by atoms with Gasteiger partial charge in [-0.2, -0.15) is 0 Å². The summed E-state index contributed by atoms with van der Waals surface area (Å²) >= 11 is 0. The fourth-order valence-corrected chi connectivity index (χ4v) is 2.86. The Hall–Kier alpha value is -2.91. The number of carbonyl (C=O) groups is 1. The van der Waals surface area contributed by atoms with Gasteiger partial charge in [-0.05, 0) is 25.0 Å². The fraction of sp³-hybridized carbons (Fsp3) is 0.222. The van der Waals surface area contributed by atoms with E-state index in [1.807, 2.05) is 30.3 Å². The third kappa shape index (κ3) is 6.58. The van der Waals surface area contributed by atoms with Crippen molar-refractivity contribution in [2.45, 2.75) is 12.8 Å². The van der Waals surface area contributed by atoms with Gasteiger partial charge in [0.05, 0.1) is 18.5 Å². The number of phosphoric ester groups is 1. The van der Waals surface area contributed by atoms with Crippen molar-refractivity contribution in [1.29, 1.82) is 0 Å². The van der Waals surface area contributed by atoms with Crippen molar-refractivity contribution in [2.75, 3.05) is 18.5 Å². The first kappa shape index (κ1) is 20.8. The molecule has 2 amide bonds. The Morgan fingerprint density at radius 1 is 1.07 bits per heavy atom. The molecule has 0 aliphatic rings. The van der Waals surface area contributed by atoms with Crippen LogP contribution in [0.15, 0.2) is 48.7 Å². The van der Waals surface area contributed by atoms with E-state index in [1.54, 1.807) is 18.3 Å². The van der Waals surface area contributed by atoms with Crippen LogP contribution in [0.1, 0.15) is 12.8 Å². The van der Waals surface area contributed by atoms with Gasteiger partial charge >= 0.3 is 13.9 Å². The molecule has 0 radical (unpaired) electrons. The van der Waals surface area contributed by atoms with Crippen LogP contribution in [0.5, 0.6) is 0 Å². The molecular formula is C18H20N5O5P. The van der Waals surface area contributed by atoms with Gasteiger partial charge in [0.15, 0.2) is 5.65 Å². The smallest absolute Gasteiger partial charge is 0.338 e. The molecule has 0 spiro atoms. The summed E-state index contributed by atoms with van der Waals surface area (Å²) in [7, 11) is -4.44. The molecule has 0 bridgehead atoms. The van der Waals surface area contributed by atoms with E-state index in [-0.39, 0.29) is 6.61 Å². The number of urea groups is 1. The van der Waals surface area contributed by atoms with Gasteiger partial charge in [0.2, 0.25) is 0 Å². The first-order chi connectivity index (χ1) is 13.9. The van der Waals surface area contributed by atoms with Gasteiger partial charge in [-0.3, -0.25) is 14.8 Å². The van der Waals surface area contributed by atoms with E-state index < -0.39 is 13.9 Å². The Bertz CT molecular complexity index is 1030. The van der Waals surface area contributed by atoms with Crippen LogP contribution < -0.4 is 10.6 Å². The molecule has 4 N–H and O–H groups in total. The van der Waals surface area contributed by atoms with Crippen LogP contribution in [0.4, 0.5) is 10.6 Å². The van der Waals surface area contributed by atoms with E-state index >= 15 is 0 Å². The van der Waals surface area contributed by atoms with Crippen LogP contribution in [0.3, 0.4) is 0 Å². The standard InChI is InChI=1S/C18H20N5O5P/c24-18(19-10-4-5-11-28-29(25,26)27)23-16-9-8-14-17(22-16)21-15(12-20-14)13-6-2-1-3-7-13/h1-3,6-9,12H,4-5,10-11H2,(H2,25,26,27)(H2,19,21,22,23,24). The maximum atomic E-state index is 12.0. The van der Waals surface area contributed by atoms with Crippen molar-refractivity contribution in [3.63, 3.8) is 0 Å². The van der Waals surface area contributed by atoms with E-state index in [4.69, 9.17) is 9.79 Å². The number of amides is 2. The molecule has 0 fully saturated rings. The van der Waals surface area contributed by atoms with Crippen LogP contribution in [0, 0.1) is 0 Å². The maximum Gasteiger partial charge on any atom is 0.469 e. The zero-order valence-corrected chi connectivity index (χ0v) is 16.2. The van der Waals surface area contributed by atoms with Gasteiger partial charge in [-0.25, -0.2) is 19.3 Å². The molecule has 1 aromatic carbocycles. The van der Waals surface area contributed by atoms with Crippen molar-refractivity contribution in [3.8, 4) is 11.3 Å². The van der Waals surface area contributed by atoms with Gasteiger partial charge in [-0.1, -0.05) is 30.3 Å². The van der Waals surface area contributed by atoms with E-state index in [0.29, 0.717) is 42.1 Å². The number of carbonyl (C=O) groups excluding carboxylic acids is 1. The number of aromatic nitrogens is 3. The number of hydrogen-bond acceptors (Lipinski definition) is 6. The highest BCUT2D eigenvalue weighted by molar-refractivity contribution is 7.46. The highest BCUT2D eigenvalue weighted by Crippen LogP contribution is 2.35. The largest absolute Gasteiger partial charge is 0.469 e. The van der Waals surface area contributed by atoms with Crippen molar-refractivity contribution in [3.05, 3.63) is 48.7 Å². The summed E-state index contributed by atoms with van der Waals surface area (Å²) in [4.78, 5) is 42.3. The van der Waals surface area contributed by atoms with E-state index in [1.165, 1.54) is 0 Å². The lowest BCUT2D eigenvalue weighted by molar-refractivity contribution is 0.193. The molecule has 11 heteroatoms. The minimum Gasteiger partial charge on any atom is -0.338 e. The van der Waals surface area contributed by atoms with Gasteiger partial charge in [-0.15, -0.1) is 0 Å². The highest BCUT2D eigenvalue weighted by atomic mass is 31.2. The molecule has 0 aliphatic heterocycles. The summed E-state index contributed by atoms with van der Waals surface area (Å²) in [6, 6.07) is 12.5. The molecule has 0 saturated heterocycles. The van der Waals surface area contributed by atoms with Crippen LogP contribution >= 0.6 is 7.82 Å². The zero-order chi connectivity index (χ0) is 20.7. The first-order valence-electron chi connectivity index (χ1n) is 8.85. The predicted molar refractivity (Wildman–Crippen MR) is 107 cm³/mol. The first-order valence-corrected chi connectivity index (χ1v) is 10.4. The van der Waals surface area contributed by atoms with Crippen molar-refractivity contribution in [1.82, 2.24) is 20.3 Å². The molecule has 2 heterocycles. The summed E-state index contributed by atoms with van der Waals surface area (Å²) in [6.07, 6.45) is 2.58. The molecule has 0 saturated carbocycles. The molecular weight excluding hydrogens is 397 g/mol. The minimum absolute atomic E-state index is 0.0811. The van der Waals surface area contributed by atoms with E-state index in [0.717, 1.165) is 5.56 Å². The van der Waals surface area contributed by atoms with E-state index in [2.05, 4.69) is 30.1 Å². The van der Waals surface area contributed by atoms with E-state index in [9.17, 15) is 9.36 Å². The molecule has 152 valence electrons. The van der Waals surface area contributed by atoms with Gasteiger partial charge < -0.3 is 15.1 Å². The van der Waals surface area contributed by atoms with Crippen molar-refractivity contribution in [2.24, 2.45) is 0 Å². The average molecular weight is 417 g/mol. The normalized spacial score (nSPS) is 11.4.